The Balaban J connectivity index is 2.40. The monoisotopic (exact) mass is 180 g/mol. The van der Waals surface area contributed by atoms with Gasteiger partial charge >= 0.3 is 0 Å². The molecular weight excluding hydrogens is 168 g/mol. The average molecular weight is 180 g/mol. The lowest BCUT2D eigenvalue weighted by Crippen LogP contribution is -2.37. The van der Waals surface area contributed by atoms with Gasteiger partial charge in [0.2, 0.25) is 5.91 Å². The Morgan fingerprint density at radius 2 is 2.46 bits per heavy atom. The summed E-state index contributed by atoms with van der Waals surface area (Å²) in [5.74, 6) is -0.189. The Hall–Kier alpha value is -1.49. The Labute approximate surface area is 76.4 Å². The van der Waals surface area contributed by atoms with Crippen molar-refractivity contribution in [1.29, 1.82) is 0 Å². The van der Waals surface area contributed by atoms with Crippen molar-refractivity contribution in [3.8, 4) is 0 Å². The first-order valence-electron chi connectivity index (χ1n) is 3.98. The molecule has 1 atom stereocenters. The zero-order valence-corrected chi connectivity index (χ0v) is 7.40. The summed E-state index contributed by atoms with van der Waals surface area (Å²) in [6.07, 6.45) is 4.76. The van der Waals surface area contributed by atoms with E-state index in [1.807, 2.05) is 0 Å². The molecule has 0 aliphatic rings. The van der Waals surface area contributed by atoms with Crippen LogP contribution in [0.4, 0.5) is 0 Å². The van der Waals surface area contributed by atoms with Gasteiger partial charge in [0.25, 0.3) is 0 Å². The van der Waals surface area contributed by atoms with Crippen LogP contribution < -0.4 is 11.1 Å². The number of carbonyl (C=O) groups excluding carboxylic acids is 1. The first kappa shape index (κ1) is 9.60. The fourth-order valence-electron chi connectivity index (χ4n) is 0.760. The van der Waals surface area contributed by atoms with E-state index in [9.17, 15) is 4.79 Å². The second-order valence-electron chi connectivity index (χ2n) is 2.70. The Bertz CT molecular complexity index is 273. The van der Waals surface area contributed by atoms with Gasteiger partial charge in [-0.25, -0.2) is 0 Å². The van der Waals surface area contributed by atoms with Crippen molar-refractivity contribution < 1.29 is 4.79 Å². The minimum Gasteiger partial charge on any atom is -0.349 e. The van der Waals surface area contributed by atoms with Crippen LogP contribution >= 0.6 is 0 Å². The SMILES string of the molecule is C[C@H](N)C(=O)NCc1cnccn1. The van der Waals surface area contributed by atoms with Gasteiger partial charge in [-0.05, 0) is 6.92 Å². The van der Waals surface area contributed by atoms with E-state index in [4.69, 9.17) is 5.73 Å². The fraction of sp³-hybridized carbons (Fsp3) is 0.375. The third kappa shape index (κ3) is 3.16. The molecule has 0 spiro atoms. The van der Waals surface area contributed by atoms with E-state index >= 15 is 0 Å². The number of nitrogens with one attached hydrogen (secondary N) is 1. The largest absolute Gasteiger partial charge is 0.349 e. The number of rotatable bonds is 3. The van der Waals surface area contributed by atoms with Gasteiger partial charge in [0.1, 0.15) is 0 Å². The average Bonchev–Trinajstić information content (AvgIpc) is 2.15. The minimum absolute atomic E-state index is 0.189. The van der Waals surface area contributed by atoms with Crippen molar-refractivity contribution in [2.75, 3.05) is 0 Å². The molecule has 1 aromatic rings. The van der Waals surface area contributed by atoms with Gasteiger partial charge in [-0.1, -0.05) is 0 Å². The standard InChI is InChI=1S/C8H12N4O/c1-6(9)8(13)12-5-7-4-10-2-3-11-7/h2-4,6H,5,9H2,1H3,(H,12,13)/t6-/m0/s1. The molecule has 0 aromatic carbocycles. The summed E-state index contributed by atoms with van der Waals surface area (Å²) in [5.41, 5.74) is 6.07. The molecule has 1 aromatic heterocycles. The van der Waals surface area contributed by atoms with Crippen LogP contribution in [0.3, 0.4) is 0 Å². The normalized spacial score (nSPS) is 12.2. The maximum Gasteiger partial charge on any atom is 0.236 e. The zero-order valence-electron chi connectivity index (χ0n) is 7.40. The Kier molecular flexibility index (Phi) is 3.33. The maximum absolute atomic E-state index is 11.0. The van der Waals surface area contributed by atoms with E-state index in [1.165, 1.54) is 0 Å². The molecular formula is C8H12N4O. The number of nitrogens with zero attached hydrogens (tertiary/aromatic N) is 2. The second kappa shape index (κ2) is 4.51. The van der Waals surface area contributed by atoms with Crippen LogP contribution in [0, 0.1) is 0 Å². The molecule has 1 heterocycles. The Morgan fingerprint density at radius 3 is 3.00 bits per heavy atom. The molecule has 5 heteroatoms. The van der Waals surface area contributed by atoms with Crippen molar-refractivity contribution in [1.82, 2.24) is 15.3 Å². The first-order valence-corrected chi connectivity index (χ1v) is 3.98. The molecule has 5 nitrogen and oxygen atoms in total. The summed E-state index contributed by atoms with van der Waals surface area (Å²) in [7, 11) is 0. The van der Waals surface area contributed by atoms with E-state index in [0.29, 0.717) is 6.54 Å². The number of nitrogens with two attached hydrogens (primary N) is 1. The highest BCUT2D eigenvalue weighted by Gasteiger charge is 2.05. The molecule has 0 aliphatic carbocycles. The van der Waals surface area contributed by atoms with Crippen molar-refractivity contribution >= 4 is 5.91 Å². The molecule has 0 fully saturated rings. The summed E-state index contributed by atoms with van der Waals surface area (Å²) >= 11 is 0. The minimum atomic E-state index is -0.489. The second-order valence-corrected chi connectivity index (χ2v) is 2.70. The summed E-state index contributed by atoms with van der Waals surface area (Å²) in [6.45, 7) is 2.00. The van der Waals surface area contributed by atoms with Crippen LogP contribution in [0.1, 0.15) is 12.6 Å². The molecule has 0 bridgehead atoms. The van der Waals surface area contributed by atoms with Gasteiger partial charge in [-0.15, -0.1) is 0 Å². The molecule has 1 amide bonds. The van der Waals surface area contributed by atoms with Crippen molar-refractivity contribution in [2.45, 2.75) is 19.5 Å². The molecule has 1 rings (SSSR count). The predicted octanol–water partition coefficient (Wildman–Crippen LogP) is -0.560. The maximum atomic E-state index is 11.0. The quantitative estimate of drug-likeness (QED) is 0.653. The number of hydrogen-bond donors (Lipinski definition) is 2. The summed E-state index contributed by atoms with van der Waals surface area (Å²) in [5, 5.41) is 2.63. The van der Waals surface area contributed by atoms with Gasteiger partial charge in [0.05, 0.1) is 24.5 Å². The summed E-state index contributed by atoms with van der Waals surface area (Å²) < 4.78 is 0. The highest BCUT2D eigenvalue weighted by molar-refractivity contribution is 5.80. The van der Waals surface area contributed by atoms with E-state index in [0.717, 1.165) is 5.69 Å². The lowest BCUT2D eigenvalue weighted by atomic mass is 10.3. The van der Waals surface area contributed by atoms with E-state index < -0.39 is 6.04 Å². The highest BCUT2D eigenvalue weighted by Crippen LogP contribution is 1.88. The van der Waals surface area contributed by atoms with Crippen LogP contribution in [0.25, 0.3) is 0 Å². The summed E-state index contributed by atoms with van der Waals surface area (Å²) in [6, 6.07) is -0.489. The van der Waals surface area contributed by atoms with E-state index in [1.54, 1.807) is 25.5 Å². The third-order valence-electron chi connectivity index (χ3n) is 1.47. The molecule has 3 N–H and O–H groups in total. The van der Waals surface area contributed by atoms with Crippen LogP contribution in [0.5, 0.6) is 0 Å². The van der Waals surface area contributed by atoms with Gasteiger partial charge in [0.15, 0.2) is 0 Å². The van der Waals surface area contributed by atoms with Crippen molar-refractivity contribution in [2.24, 2.45) is 5.73 Å². The molecule has 0 aliphatic heterocycles. The smallest absolute Gasteiger partial charge is 0.236 e. The fourth-order valence-corrected chi connectivity index (χ4v) is 0.760. The van der Waals surface area contributed by atoms with Gasteiger partial charge in [-0.3, -0.25) is 14.8 Å². The molecule has 0 radical (unpaired) electrons. The number of amides is 1. The molecule has 70 valence electrons. The van der Waals surface area contributed by atoms with Crippen LogP contribution in [-0.2, 0) is 11.3 Å². The molecule has 0 saturated carbocycles. The van der Waals surface area contributed by atoms with Crippen LogP contribution in [0.2, 0.25) is 0 Å². The lowest BCUT2D eigenvalue weighted by molar-refractivity contribution is -0.122. The van der Waals surface area contributed by atoms with Crippen molar-refractivity contribution in [3.05, 3.63) is 24.3 Å². The summed E-state index contributed by atoms with van der Waals surface area (Å²) in [4.78, 5) is 18.9. The van der Waals surface area contributed by atoms with Gasteiger partial charge in [-0.2, -0.15) is 0 Å². The van der Waals surface area contributed by atoms with Crippen LogP contribution in [-0.4, -0.2) is 21.9 Å². The van der Waals surface area contributed by atoms with E-state index in [2.05, 4.69) is 15.3 Å². The zero-order chi connectivity index (χ0) is 9.68. The topological polar surface area (TPSA) is 80.9 Å². The number of hydrogen-bond acceptors (Lipinski definition) is 4. The third-order valence-corrected chi connectivity index (χ3v) is 1.47. The molecule has 0 saturated heterocycles. The number of aromatic nitrogens is 2. The van der Waals surface area contributed by atoms with Crippen LogP contribution in [0.15, 0.2) is 18.6 Å². The molecule has 13 heavy (non-hydrogen) atoms. The number of carbonyl (C=O) groups is 1. The lowest BCUT2D eigenvalue weighted by Gasteiger charge is -2.06. The molecule has 0 unspecified atom stereocenters. The Morgan fingerprint density at radius 1 is 1.69 bits per heavy atom. The highest BCUT2D eigenvalue weighted by atomic mass is 16.2. The van der Waals surface area contributed by atoms with Crippen molar-refractivity contribution in [3.63, 3.8) is 0 Å². The first-order chi connectivity index (χ1) is 6.20. The van der Waals surface area contributed by atoms with E-state index in [-0.39, 0.29) is 5.91 Å². The van der Waals surface area contributed by atoms with Gasteiger partial charge < -0.3 is 11.1 Å². The van der Waals surface area contributed by atoms with Gasteiger partial charge in [0, 0.05) is 12.4 Å². The predicted molar refractivity (Wildman–Crippen MR) is 47.5 cm³/mol.